The smallest absolute Gasteiger partial charge is 0.246 e. The van der Waals surface area contributed by atoms with Crippen molar-refractivity contribution in [1.29, 1.82) is 0 Å². The van der Waals surface area contributed by atoms with Gasteiger partial charge >= 0.3 is 0 Å². The third-order valence-corrected chi connectivity index (χ3v) is 6.08. The first-order valence-corrected chi connectivity index (χ1v) is 10.1. The van der Waals surface area contributed by atoms with Crippen LogP contribution in [0.3, 0.4) is 0 Å². The quantitative estimate of drug-likeness (QED) is 0.697. The molecular formula is C22H23F2N5O. The van der Waals surface area contributed by atoms with Crippen molar-refractivity contribution in [2.75, 3.05) is 36.5 Å². The van der Waals surface area contributed by atoms with Crippen molar-refractivity contribution in [2.24, 2.45) is 5.41 Å². The molecule has 0 amide bonds. The average molecular weight is 411 g/mol. The van der Waals surface area contributed by atoms with Crippen molar-refractivity contribution in [3.05, 3.63) is 59.9 Å². The van der Waals surface area contributed by atoms with Crippen LogP contribution in [0.25, 0.3) is 5.69 Å². The highest BCUT2D eigenvalue weighted by Gasteiger charge is 2.41. The molecule has 0 radical (unpaired) electrons. The van der Waals surface area contributed by atoms with Crippen LogP contribution in [0.1, 0.15) is 18.4 Å². The van der Waals surface area contributed by atoms with E-state index in [2.05, 4.69) is 38.5 Å². The molecule has 1 N–H and O–H groups in total. The number of hydrogen-bond donors (Lipinski definition) is 1. The fourth-order valence-electron chi connectivity index (χ4n) is 4.10. The van der Waals surface area contributed by atoms with Crippen LogP contribution in [0.15, 0.2) is 42.7 Å². The zero-order valence-corrected chi connectivity index (χ0v) is 16.7. The largest absolute Gasteiger partial charge is 0.380 e. The molecule has 1 spiro atoms. The van der Waals surface area contributed by atoms with Gasteiger partial charge in [-0.3, -0.25) is 0 Å². The number of nitrogens with zero attached hydrogens (tertiary/aromatic N) is 4. The fourth-order valence-corrected chi connectivity index (χ4v) is 4.10. The summed E-state index contributed by atoms with van der Waals surface area (Å²) >= 11 is 0. The molecule has 156 valence electrons. The first-order valence-electron chi connectivity index (χ1n) is 10.1. The number of hydrogen-bond acceptors (Lipinski definition) is 5. The lowest BCUT2D eigenvalue weighted by molar-refractivity contribution is -0.124. The van der Waals surface area contributed by atoms with Gasteiger partial charge in [0.15, 0.2) is 0 Å². The lowest BCUT2D eigenvalue weighted by Gasteiger charge is -2.47. The number of ether oxygens (including phenoxy) is 1. The van der Waals surface area contributed by atoms with Gasteiger partial charge in [-0.1, -0.05) is 6.07 Å². The van der Waals surface area contributed by atoms with Gasteiger partial charge in [-0.25, -0.2) is 13.5 Å². The summed E-state index contributed by atoms with van der Waals surface area (Å²) in [4.78, 5) is 6.64. The van der Waals surface area contributed by atoms with Crippen LogP contribution in [-0.4, -0.2) is 41.1 Å². The molecule has 2 aromatic carbocycles. The zero-order valence-electron chi connectivity index (χ0n) is 16.7. The molecule has 0 unspecified atom stereocenters. The van der Waals surface area contributed by atoms with Crippen molar-refractivity contribution in [3.8, 4) is 5.69 Å². The van der Waals surface area contributed by atoms with Gasteiger partial charge < -0.3 is 15.0 Å². The Bertz CT molecular complexity index is 1050. The molecule has 0 aliphatic carbocycles. The Labute approximate surface area is 173 Å². The molecule has 0 bridgehead atoms. The predicted octanol–water partition coefficient (Wildman–Crippen LogP) is 4.21. The fraction of sp³-hybridized carbons (Fsp3) is 0.364. The maximum Gasteiger partial charge on any atom is 0.246 e. The predicted molar refractivity (Wildman–Crippen MR) is 110 cm³/mol. The minimum Gasteiger partial charge on any atom is -0.380 e. The third kappa shape index (κ3) is 3.63. The Hall–Kier alpha value is -3.00. The molecule has 3 heterocycles. The van der Waals surface area contributed by atoms with Crippen LogP contribution in [0, 0.1) is 24.0 Å². The Morgan fingerprint density at radius 1 is 1.00 bits per heavy atom. The number of anilines is 3. The molecule has 1 aromatic heterocycles. The monoisotopic (exact) mass is 411 g/mol. The highest BCUT2D eigenvalue weighted by molar-refractivity contribution is 5.66. The van der Waals surface area contributed by atoms with E-state index >= 15 is 0 Å². The van der Waals surface area contributed by atoms with Gasteiger partial charge in [0.2, 0.25) is 5.95 Å². The lowest BCUT2D eigenvalue weighted by Crippen LogP contribution is -2.50. The molecule has 30 heavy (non-hydrogen) atoms. The van der Waals surface area contributed by atoms with E-state index in [0.29, 0.717) is 11.4 Å². The van der Waals surface area contributed by atoms with Crippen LogP contribution in [-0.2, 0) is 4.74 Å². The Morgan fingerprint density at radius 2 is 1.73 bits per heavy atom. The van der Waals surface area contributed by atoms with Crippen LogP contribution >= 0.6 is 0 Å². The van der Waals surface area contributed by atoms with E-state index in [-0.39, 0.29) is 5.69 Å². The maximum atomic E-state index is 13.5. The number of piperidine rings is 1. The summed E-state index contributed by atoms with van der Waals surface area (Å²) in [6, 6.07) is 9.57. The Balaban J connectivity index is 1.33. The molecule has 2 saturated heterocycles. The molecule has 0 saturated carbocycles. The van der Waals surface area contributed by atoms with Gasteiger partial charge in [0, 0.05) is 35.9 Å². The minimum atomic E-state index is -0.657. The van der Waals surface area contributed by atoms with Crippen LogP contribution in [0.5, 0.6) is 0 Å². The van der Waals surface area contributed by atoms with Crippen molar-refractivity contribution < 1.29 is 13.5 Å². The number of aromatic nitrogens is 3. The first kappa shape index (κ1) is 19.0. The van der Waals surface area contributed by atoms with Gasteiger partial charge in [0.1, 0.15) is 18.0 Å². The maximum absolute atomic E-state index is 13.5. The van der Waals surface area contributed by atoms with Gasteiger partial charge in [0.05, 0.1) is 18.9 Å². The Kier molecular flexibility index (Phi) is 4.66. The number of benzene rings is 2. The topological polar surface area (TPSA) is 55.2 Å². The van der Waals surface area contributed by atoms with E-state index in [9.17, 15) is 8.78 Å². The van der Waals surface area contributed by atoms with Crippen molar-refractivity contribution in [2.45, 2.75) is 19.8 Å². The number of rotatable bonds is 4. The molecule has 8 heteroatoms. The number of aryl methyl sites for hydroxylation is 1. The van der Waals surface area contributed by atoms with E-state index in [4.69, 9.17) is 4.74 Å². The summed E-state index contributed by atoms with van der Waals surface area (Å²) in [7, 11) is 0. The molecule has 0 atom stereocenters. The molecule has 2 fully saturated rings. The van der Waals surface area contributed by atoms with Crippen LogP contribution in [0.2, 0.25) is 0 Å². The second-order valence-corrected chi connectivity index (χ2v) is 8.24. The summed E-state index contributed by atoms with van der Waals surface area (Å²) in [6.45, 7) is 5.84. The van der Waals surface area contributed by atoms with Gasteiger partial charge in [-0.05, 0) is 49.6 Å². The molecule has 2 aliphatic heterocycles. The van der Waals surface area contributed by atoms with E-state index in [1.54, 1.807) is 0 Å². The minimum absolute atomic E-state index is 0.278. The normalized spacial score (nSPS) is 17.8. The summed E-state index contributed by atoms with van der Waals surface area (Å²) < 4.78 is 33.7. The van der Waals surface area contributed by atoms with Crippen LogP contribution in [0.4, 0.5) is 26.1 Å². The molecular weight excluding hydrogens is 388 g/mol. The average Bonchev–Trinajstić information content (AvgIpc) is 3.17. The van der Waals surface area contributed by atoms with E-state index in [1.165, 1.54) is 23.1 Å². The van der Waals surface area contributed by atoms with Gasteiger partial charge in [-0.15, -0.1) is 5.10 Å². The standard InChI is InChI=1S/C22H23F2N5O/c1-15-2-3-18(28-6-4-22(5-7-28)12-30-13-22)11-20(15)26-21-25-14-29(27-21)19-9-16(23)8-17(24)10-19/h2-3,8-11,14H,4-7,12-13H2,1H3,(H,26,27). The van der Waals surface area contributed by atoms with Crippen LogP contribution < -0.4 is 10.2 Å². The van der Waals surface area contributed by atoms with Gasteiger partial charge in [0.25, 0.3) is 0 Å². The van der Waals surface area contributed by atoms with Crippen molar-refractivity contribution in [1.82, 2.24) is 14.8 Å². The second kappa shape index (κ2) is 7.36. The number of halogens is 2. The van der Waals surface area contributed by atoms with E-state index in [1.807, 2.05) is 6.92 Å². The van der Waals surface area contributed by atoms with Crippen molar-refractivity contribution in [3.63, 3.8) is 0 Å². The Morgan fingerprint density at radius 3 is 2.40 bits per heavy atom. The summed E-state index contributed by atoms with van der Waals surface area (Å²) in [6.07, 6.45) is 3.74. The number of nitrogens with one attached hydrogen (secondary N) is 1. The summed E-state index contributed by atoms with van der Waals surface area (Å²) in [5, 5.41) is 7.55. The highest BCUT2D eigenvalue weighted by Crippen LogP contribution is 2.40. The third-order valence-electron chi connectivity index (χ3n) is 6.08. The molecule has 5 rings (SSSR count). The molecule has 3 aromatic rings. The molecule has 2 aliphatic rings. The van der Waals surface area contributed by atoms with Crippen molar-refractivity contribution >= 4 is 17.3 Å². The summed E-state index contributed by atoms with van der Waals surface area (Å²) in [5.41, 5.74) is 3.80. The lowest BCUT2D eigenvalue weighted by atomic mass is 9.77. The van der Waals surface area contributed by atoms with E-state index < -0.39 is 11.6 Å². The zero-order chi connectivity index (χ0) is 20.7. The first-order chi connectivity index (χ1) is 14.5. The highest BCUT2D eigenvalue weighted by atomic mass is 19.1. The van der Waals surface area contributed by atoms with Gasteiger partial charge in [-0.2, -0.15) is 4.98 Å². The van der Waals surface area contributed by atoms with E-state index in [0.717, 1.165) is 62.1 Å². The second-order valence-electron chi connectivity index (χ2n) is 8.24. The molecule has 6 nitrogen and oxygen atoms in total. The summed E-state index contributed by atoms with van der Waals surface area (Å²) in [5.74, 6) is -0.949. The SMILES string of the molecule is Cc1ccc(N2CCC3(CC2)COC3)cc1Nc1ncn(-c2cc(F)cc(F)c2)n1.